The summed E-state index contributed by atoms with van der Waals surface area (Å²) >= 11 is 5.29. The van der Waals surface area contributed by atoms with E-state index in [9.17, 15) is 4.79 Å². The molecule has 0 aromatic carbocycles. The van der Waals surface area contributed by atoms with Crippen molar-refractivity contribution < 1.29 is 4.79 Å². The minimum atomic E-state index is -0.553. The van der Waals surface area contributed by atoms with E-state index in [0.717, 1.165) is 51.6 Å². The van der Waals surface area contributed by atoms with Gasteiger partial charge in [-0.2, -0.15) is 0 Å². The molecule has 1 heterocycles. The summed E-state index contributed by atoms with van der Waals surface area (Å²) in [5.74, 6) is 0.203. The number of carbonyl (C=O) groups excluding carboxylic acids is 1. The standard InChI is InChI=1S/C15H27N3OS/c1-17(2)11-12-7-6-10-18(12)14(19)15(13(16)20)8-4-3-5-9-15/h12H,3-11H2,1-2H3,(H2,16,20). The Labute approximate surface area is 127 Å². The fraction of sp³-hybridized carbons (Fsp3) is 0.867. The van der Waals surface area contributed by atoms with Crippen molar-refractivity contribution >= 4 is 23.1 Å². The third-order valence-corrected chi connectivity index (χ3v) is 5.19. The third kappa shape index (κ3) is 2.98. The molecule has 1 aliphatic heterocycles. The number of nitrogens with two attached hydrogens (primary N) is 1. The first-order valence-electron chi connectivity index (χ1n) is 7.73. The van der Waals surface area contributed by atoms with E-state index in [0.29, 0.717) is 11.0 Å². The Kier molecular flexibility index (Phi) is 5.02. The predicted molar refractivity (Wildman–Crippen MR) is 85.6 cm³/mol. The maximum absolute atomic E-state index is 13.1. The van der Waals surface area contributed by atoms with Gasteiger partial charge in [0, 0.05) is 19.1 Å². The van der Waals surface area contributed by atoms with Gasteiger partial charge in [-0.1, -0.05) is 31.5 Å². The number of likely N-dealkylation sites (tertiary alicyclic amines) is 1. The second-order valence-corrected chi connectivity index (χ2v) is 7.00. The van der Waals surface area contributed by atoms with Crippen LogP contribution >= 0.6 is 12.2 Å². The van der Waals surface area contributed by atoms with Gasteiger partial charge in [0.2, 0.25) is 5.91 Å². The highest BCUT2D eigenvalue weighted by Crippen LogP contribution is 2.40. The summed E-state index contributed by atoms with van der Waals surface area (Å²) in [4.78, 5) is 17.7. The summed E-state index contributed by atoms with van der Waals surface area (Å²) in [6.07, 6.45) is 7.19. The van der Waals surface area contributed by atoms with Crippen molar-refractivity contribution in [2.75, 3.05) is 27.2 Å². The van der Waals surface area contributed by atoms with Gasteiger partial charge in [-0.25, -0.2) is 0 Å². The fourth-order valence-electron chi connectivity index (χ4n) is 3.71. The molecule has 4 nitrogen and oxygen atoms in total. The van der Waals surface area contributed by atoms with Gasteiger partial charge in [-0.05, 0) is 39.8 Å². The summed E-state index contributed by atoms with van der Waals surface area (Å²) in [5.41, 5.74) is 5.44. The maximum atomic E-state index is 13.1. The predicted octanol–water partition coefficient (Wildman–Crippen LogP) is 1.78. The molecule has 20 heavy (non-hydrogen) atoms. The van der Waals surface area contributed by atoms with Crippen LogP contribution in [-0.2, 0) is 4.79 Å². The largest absolute Gasteiger partial charge is 0.392 e. The first-order valence-corrected chi connectivity index (χ1v) is 8.14. The van der Waals surface area contributed by atoms with E-state index in [2.05, 4.69) is 23.9 Å². The molecule has 1 aliphatic carbocycles. The molecule has 0 radical (unpaired) electrons. The summed E-state index contributed by atoms with van der Waals surface area (Å²) in [6.45, 7) is 1.79. The van der Waals surface area contributed by atoms with Crippen LogP contribution in [0.25, 0.3) is 0 Å². The molecule has 1 unspecified atom stereocenters. The maximum Gasteiger partial charge on any atom is 0.235 e. The zero-order valence-corrected chi connectivity index (χ0v) is 13.5. The molecule has 2 aliphatic rings. The molecule has 0 spiro atoms. The molecule has 2 fully saturated rings. The van der Waals surface area contributed by atoms with Crippen molar-refractivity contribution in [2.24, 2.45) is 11.1 Å². The molecule has 0 aromatic rings. The van der Waals surface area contributed by atoms with E-state index >= 15 is 0 Å². The highest BCUT2D eigenvalue weighted by atomic mass is 32.1. The summed E-state index contributed by atoms with van der Waals surface area (Å²) in [5, 5.41) is 0. The smallest absolute Gasteiger partial charge is 0.235 e. The van der Waals surface area contributed by atoms with Crippen molar-refractivity contribution in [2.45, 2.75) is 51.0 Å². The topological polar surface area (TPSA) is 49.6 Å². The number of amides is 1. The van der Waals surface area contributed by atoms with Crippen molar-refractivity contribution in [1.82, 2.24) is 9.80 Å². The van der Waals surface area contributed by atoms with Gasteiger partial charge < -0.3 is 15.5 Å². The van der Waals surface area contributed by atoms with E-state index in [1.807, 2.05) is 0 Å². The summed E-state index contributed by atoms with van der Waals surface area (Å²) in [7, 11) is 4.12. The molecule has 2 rings (SSSR count). The number of likely N-dealkylation sites (N-methyl/N-ethyl adjacent to an activating group) is 1. The Balaban J connectivity index is 2.16. The SMILES string of the molecule is CN(C)CC1CCCN1C(=O)C1(C(N)=S)CCCCC1. The second-order valence-electron chi connectivity index (χ2n) is 6.56. The first kappa shape index (κ1) is 15.7. The number of hydrogen-bond donors (Lipinski definition) is 1. The lowest BCUT2D eigenvalue weighted by molar-refractivity contribution is -0.140. The van der Waals surface area contributed by atoms with Crippen LogP contribution in [0.4, 0.5) is 0 Å². The normalized spacial score (nSPS) is 25.9. The molecule has 1 saturated carbocycles. The minimum Gasteiger partial charge on any atom is -0.392 e. The minimum absolute atomic E-state index is 0.203. The van der Waals surface area contributed by atoms with Crippen molar-refractivity contribution in [3.05, 3.63) is 0 Å². The monoisotopic (exact) mass is 297 g/mol. The Morgan fingerprint density at radius 3 is 2.50 bits per heavy atom. The van der Waals surface area contributed by atoms with Crippen molar-refractivity contribution in [3.63, 3.8) is 0 Å². The van der Waals surface area contributed by atoms with E-state index < -0.39 is 5.41 Å². The number of hydrogen-bond acceptors (Lipinski definition) is 3. The van der Waals surface area contributed by atoms with Crippen molar-refractivity contribution in [3.8, 4) is 0 Å². The quantitative estimate of drug-likeness (QED) is 0.804. The van der Waals surface area contributed by atoms with Gasteiger partial charge in [0.15, 0.2) is 0 Å². The number of rotatable bonds is 4. The van der Waals surface area contributed by atoms with Crippen LogP contribution in [0.2, 0.25) is 0 Å². The molecule has 1 amide bonds. The molecule has 0 aromatic heterocycles. The summed E-state index contributed by atoms with van der Waals surface area (Å²) < 4.78 is 0. The highest BCUT2D eigenvalue weighted by Gasteiger charge is 2.46. The van der Waals surface area contributed by atoms with Crippen LogP contribution in [0.1, 0.15) is 44.9 Å². The van der Waals surface area contributed by atoms with Gasteiger partial charge in [0.1, 0.15) is 0 Å². The van der Waals surface area contributed by atoms with Crippen molar-refractivity contribution in [1.29, 1.82) is 0 Å². The molecule has 1 saturated heterocycles. The van der Waals surface area contributed by atoms with Crippen LogP contribution in [0, 0.1) is 5.41 Å². The molecule has 1 atom stereocenters. The number of nitrogens with zero attached hydrogens (tertiary/aromatic N) is 2. The van der Waals surface area contributed by atoms with E-state index in [1.165, 1.54) is 6.42 Å². The summed E-state index contributed by atoms with van der Waals surface area (Å²) in [6, 6.07) is 0.325. The molecule has 114 valence electrons. The van der Waals surface area contributed by atoms with E-state index in [1.54, 1.807) is 0 Å². The van der Waals surface area contributed by atoms with Gasteiger partial charge in [0.25, 0.3) is 0 Å². The molecule has 2 N–H and O–H groups in total. The lowest BCUT2D eigenvalue weighted by atomic mass is 9.72. The Morgan fingerprint density at radius 2 is 1.95 bits per heavy atom. The Bertz CT molecular complexity index is 377. The van der Waals surface area contributed by atoms with E-state index in [4.69, 9.17) is 18.0 Å². The van der Waals surface area contributed by atoms with Crippen LogP contribution < -0.4 is 5.73 Å². The zero-order chi connectivity index (χ0) is 14.8. The third-order valence-electron chi connectivity index (χ3n) is 4.80. The molecular weight excluding hydrogens is 270 g/mol. The number of thiocarbonyl (C=S) groups is 1. The van der Waals surface area contributed by atoms with Gasteiger partial charge in [0.05, 0.1) is 10.4 Å². The van der Waals surface area contributed by atoms with Gasteiger partial charge in [-0.15, -0.1) is 0 Å². The zero-order valence-electron chi connectivity index (χ0n) is 12.7. The fourth-order valence-corrected chi connectivity index (χ4v) is 4.00. The first-order chi connectivity index (χ1) is 9.47. The average Bonchev–Trinajstić information content (AvgIpc) is 2.85. The van der Waals surface area contributed by atoms with Crippen LogP contribution in [0.5, 0.6) is 0 Å². The average molecular weight is 297 g/mol. The molecule has 5 heteroatoms. The highest BCUT2D eigenvalue weighted by molar-refractivity contribution is 7.80. The van der Waals surface area contributed by atoms with Crippen LogP contribution in [0.3, 0.4) is 0 Å². The van der Waals surface area contributed by atoms with Crippen LogP contribution in [0.15, 0.2) is 0 Å². The molecule has 0 bridgehead atoms. The van der Waals surface area contributed by atoms with Crippen LogP contribution in [-0.4, -0.2) is 53.9 Å². The van der Waals surface area contributed by atoms with Gasteiger partial charge >= 0.3 is 0 Å². The lowest BCUT2D eigenvalue weighted by Crippen LogP contribution is -2.54. The lowest BCUT2D eigenvalue weighted by Gasteiger charge is -2.40. The Morgan fingerprint density at radius 1 is 1.30 bits per heavy atom. The number of carbonyl (C=O) groups is 1. The van der Waals surface area contributed by atoms with E-state index in [-0.39, 0.29) is 5.91 Å². The molecular formula is C15H27N3OS. The second kappa shape index (κ2) is 6.39. The Hall–Kier alpha value is -0.680. The van der Waals surface area contributed by atoms with Gasteiger partial charge in [-0.3, -0.25) is 4.79 Å².